The second kappa shape index (κ2) is 14.0. The summed E-state index contributed by atoms with van der Waals surface area (Å²) in [6, 6.07) is 8.26. The summed E-state index contributed by atoms with van der Waals surface area (Å²) in [7, 11) is 8.05. The Morgan fingerprint density at radius 2 is 1.96 bits per heavy atom. The zero-order valence-corrected chi connectivity index (χ0v) is 20.1. The number of guanidine groups is 1. The molecule has 1 saturated heterocycles. The lowest BCUT2D eigenvalue weighted by Crippen LogP contribution is -2.39. The molecular weight excluding hydrogens is 467 g/mol. The third-order valence-corrected chi connectivity index (χ3v) is 4.94. The van der Waals surface area contributed by atoms with E-state index >= 15 is 0 Å². The molecule has 0 unspecified atom stereocenters. The van der Waals surface area contributed by atoms with Crippen molar-refractivity contribution < 1.29 is 9.47 Å². The molecule has 160 valence electrons. The van der Waals surface area contributed by atoms with Gasteiger partial charge in [0.2, 0.25) is 0 Å². The molecule has 1 heterocycles. The van der Waals surface area contributed by atoms with Crippen LogP contribution in [0, 0.1) is 5.92 Å². The fourth-order valence-electron chi connectivity index (χ4n) is 3.17. The van der Waals surface area contributed by atoms with Gasteiger partial charge in [0.25, 0.3) is 0 Å². The molecular formula is C21H37IN4O2. The van der Waals surface area contributed by atoms with Gasteiger partial charge in [0.15, 0.2) is 5.96 Å². The van der Waals surface area contributed by atoms with Crippen LogP contribution in [0.25, 0.3) is 0 Å². The molecule has 0 amide bonds. The molecule has 1 N–H and O–H groups in total. The first kappa shape index (κ1) is 25.0. The van der Waals surface area contributed by atoms with Gasteiger partial charge in [-0.1, -0.05) is 12.1 Å². The Morgan fingerprint density at radius 1 is 1.21 bits per heavy atom. The third-order valence-electron chi connectivity index (χ3n) is 4.94. The molecule has 0 aromatic heterocycles. The second-order valence-corrected chi connectivity index (χ2v) is 7.47. The number of likely N-dealkylation sites (N-methyl/N-ethyl adjacent to an activating group) is 1. The molecule has 2 rings (SSSR count). The van der Waals surface area contributed by atoms with E-state index in [0.29, 0.717) is 6.61 Å². The minimum Gasteiger partial charge on any atom is -0.492 e. The van der Waals surface area contributed by atoms with Gasteiger partial charge in [-0.25, -0.2) is 0 Å². The number of rotatable bonds is 9. The van der Waals surface area contributed by atoms with Crippen molar-refractivity contribution in [2.75, 3.05) is 61.1 Å². The average molecular weight is 504 g/mol. The number of aliphatic imine (C=N–C) groups is 1. The summed E-state index contributed by atoms with van der Waals surface area (Å²) in [6.07, 6.45) is 3.55. The Balaban J connectivity index is 0.00000392. The Hall–Kier alpha value is -1.06. The topological polar surface area (TPSA) is 49.3 Å². The third kappa shape index (κ3) is 9.43. The zero-order chi connectivity index (χ0) is 19.5. The van der Waals surface area contributed by atoms with E-state index in [9.17, 15) is 0 Å². The molecule has 1 aliphatic rings. The second-order valence-electron chi connectivity index (χ2n) is 7.47. The highest BCUT2D eigenvalue weighted by Crippen LogP contribution is 2.18. The molecule has 0 atom stereocenters. The number of halogens is 1. The molecule has 1 aliphatic heterocycles. The van der Waals surface area contributed by atoms with Crippen LogP contribution >= 0.6 is 24.0 Å². The number of benzene rings is 1. The molecule has 0 saturated carbocycles. The van der Waals surface area contributed by atoms with E-state index in [2.05, 4.69) is 39.3 Å². The van der Waals surface area contributed by atoms with Gasteiger partial charge < -0.3 is 24.6 Å². The van der Waals surface area contributed by atoms with Crippen LogP contribution in [0.2, 0.25) is 0 Å². The largest absolute Gasteiger partial charge is 0.492 e. The van der Waals surface area contributed by atoms with Crippen molar-refractivity contribution in [1.82, 2.24) is 15.1 Å². The van der Waals surface area contributed by atoms with Gasteiger partial charge in [0.1, 0.15) is 12.4 Å². The van der Waals surface area contributed by atoms with Gasteiger partial charge in [-0.2, -0.15) is 0 Å². The van der Waals surface area contributed by atoms with E-state index in [-0.39, 0.29) is 24.0 Å². The SMILES string of the molecule is CN=C(NCc1cccc(OCCN(C)C)c1)N(C)CCC1CCOCC1.I. The Morgan fingerprint density at radius 3 is 2.64 bits per heavy atom. The van der Waals surface area contributed by atoms with Gasteiger partial charge in [0.05, 0.1) is 0 Å². The monoisotopic (exact) mass is 504 g/mol. The van der Waals surface area contributed by atoms with Crippen molar-refractivity contribution >= 4 is 29.9 Å². The van der Waals surface area contributed by atoms with Crippen molar-refractivity contribution in [2.45, 2.75) is 25.8 Å². The minimum absolute atomic E-state index is 0. The highest BCUT2D eigenvalue weighted by Gasteiger charge is 2.15. The first-order valence-corrected chi connectivity index (χ1v) is 9.94. The molecule has 0 aliphatic carbocycles. The zero-order valence-electron chi connectivity index (χ0n) is 17.8. The maximum absolute atomic E-state index is 5.82. The van der Waals surface area contributed by atoms with E-state index in [1.54, 1.807) is 0 Å². The summed E-state index contributed by atoms with van der Waals surface area (Å²) < 4.78 is 11.3. The quantitative estimate of drug-likeness (QED) is 0.318. The van der Waals surface area contributed by atoms with E-state index < -0.39 is 0 Å². The van der Waals surface area contributed by atoms with E-state index in [1.807, 2.05) is 33.3 Å². The van der Waals surface area contributed by atoms with Crippen LogP contribution in [0.5, 0.6) is 5.75 Å². The fourth-order valence-corrected chi connectivity index (χ4v) is 3.17. The maximum Gasteiger partial charge on any atom is 0.193 e. The molecule has 6 nitrogen and oxygen atoms in total. The van der Waals surface area contributed by atoms with Gasteiger partial charge in [-0.15, -0.1) is 24.0 Å². The fraction of sp³-hybridized carbons (Fsp3) is 0.667. The number of ether oxygens (including phenoxy) is 2. The van der Waals surface area contributed by atoms with Gasteiger partial charge >= 0.3 is 0 Å². The lowest BCUT2D eigenvalue weighted by atomic mass is 9.96. The number of hydrogen-bond donors (Lipinski definition) is 1. The standard InChI is InChI=1S/C21H36N4O2.HI/c1-22-21(25(4)11-8-18-9-13-26-14-10-18)23-17-19-6-5-7-20(16-19)27-15-12-24(2)3;/h5-7,16,18H,8-15,17H2,1-4H3,(H,22,23);1H. The van der Waals surface area contributed by atoms with Gasteiger partial charge in [-0.05, 0) is 57.0 Å². The predicted molar refractivity (Wildman–Crippen MR) is 127 cm³/mol. The molecule has 28 heavy (non-hydrogen) atoms. The Kier molecular flexibility index (Phi) is 12.5. The van der Waals surface area contributed by atoms with Crippen LogP contribution in [0.15, 0.2) is 29.3 Å². The molecule has 0 radical (unpaired) electrons. The summed E-state index contributed by atoms with van der Waals surface area (Å²) in [5.74, 6) is 2.62. The van der Waals surface area contributed by atoms with Crippen LogP contribution in [0.3, 0.4) is 0 Å². The van der Waals surface area contributed by atoms with Crippen LogP contribution < -0.4 is 10.1 Å². The van der Waals surface area contributed by atoms with E-state index in [1.165, 1.54) is 24.8 Å². The van der Waals surface area contributed by atoms with E-state index in [4.69, 9.17) is 9.47 Å². The van der Waals surface area contributed by atoms with Crippen molar-refractivity contribution in [1.29, 1.82) is 0 Å². The molecule has 1 fully saturated rings. The Bertz CT molecular complexity index is 577. The first-order chi connectivity index (χ1) is 13.1. The smallest absolute Gasteiger partial charge is 0.193 e. The molecule has 1 aromatic rings. The van der Waals surface area contributed by atoms with Crippen LogP contribution in [-0.2, 0) is 11.3 Å². The normalized spacial score (nSPS) is 15.2. The molecule has 7 heteroatoms. The highest BCUT2D eigenvalue weighted by molar-refractivity contribution is 14.0. The van der Waals surface area contributed by atoms with Crippen LogP contribution in [0.4, 0.5) is 0 Å². The number of nitrogens with one attached hydrogen (secondary N) is 1. The number of nitrogens with zero attached hydrogens (tertiary/aromatic N) is 3. The van der Waals surface area contributed by atoms with Crippen LogP contribution in [0.1, 0.15) is 24.8 Å². The lowest BCUT2D eigenvalue weighted by Gasteiger charge is -2.27. The van der Waals surface area contributed by atoms with Crippen molar-refractivity contribution in [3.8, 4) is 5.75 Å². The summed E-state index contributed by atoms with van der Waals surface area (Å²) in [5, 5.41) is 3.46. The van der Waals surface area contributed by atoms with Crippen molar-refractivity contribution in [2.24, 2.45) is 10.9 Å². The molecule has 1 aromatic carbocycles. The van der Waals surface area contributed by atoms with E-state index in [0.717, 1.165) is 50.5 Å². The van der Waals surface area contributed by atoms with Crippen molar-refractivity contribution in [3.05, 3.63) is 29.8 Å². The van der Waals surface area contributed by atoms with Gasteiger partial charge in [-0.3, -0.25) is 4.99 Å². The maximum atomic E-state index is 5.82. The van der Waals surface area contributed by atoms with Crippen molar-refractivity contribution in [3.63, 3.8) is 0 Å². The summed E-state index contributed by atoms with van der Waals surface area (Å²) >= 11 is 0. The molecule has 0 spiro atoms. The first-order valence-electron chi connectivity index (χ1n) is 9.94. The summed E-state index contributed by atoms with van der Waals surface area (Å²) in [4.78, 5) is 8.76. The summed E-state index contributed by atoms with van der Waals surface area (Å²) in [6.45, 7) is 5.17. The molecule has 0 bridgehead atoms. The number of hydrogen-bond acceptors (Lipinski definition) is 4. The minimum atomic E-state index is 0. The summed E-state index contributed by atoms with van der Waals surface area (Å²) in [5.41, 5.74) is 1.19. The average Bonchev–Trinajstić information content (AvgIpc) is 2.68. The van der Waals surface area contributed by atoms with Crippen LogP contribution in [-0.4, -0.2) is 76.9 Å². The predicted octanol–water partition coefficient (Wildman–Crippen LogP) is 3.07. The Labute approximate surface area is 187 Å². The van der Waals surface area contributed by atoms with Gasteiger partial charge in [0, 0.05) is 46.9 Å². The highest BCUT2D eigenvalue weighted by atomic mass is 127. The lowest BCUT2D eigenvalue weighted by molar-refractivity contribution is 0.0625.